The summed E-state index contributed by atoms with van der Waals surface area (Å²) in [6, 6.07) is 21.3. The molecule has 2 amide bonds. The zero-order chi connectivity index (χ0) is 31.6. The minimum atomic E-state index is -3.65. The number of sulfonamides is 1. The molecule has 0 aliphatic carbocycles. The Morgan fingerprint density at radius 1 is 0.953 bits per heavy atom. The number of rotatable bonds is 14. The monoisotopic (exact) mass is 611 g/mol. The summed E-state index contributed by atoms with van der Waals surface area (Å²) in [5.41, 5.74) is 1.02. The quantitative estimate of drug-likeness (QED) is 0.266. The lowest BCUT2D eigenvalue weighted by Crippen LogP contribution is -2.54. The number of nitrogens with one attached hydrogen (secondary N) is 1. The summed E-state index contributed by atoms with van der Waals surface area (Å²) in [5.74, 6) is -0.591. The zero-order valence-corrected chi connectivity index (χ0v) is 26.4. The molecule has 0 heterocycles. The summed E-state index contributed by atoms with van der Waals surface area (Å²) in [6.45, 7) is 7.84. The highest BCUT2D eigenvalue weighted by Gasteiger charge is 2.32. The van der Waals surface area contributed by atoms with Gasteiger partial charge in [-0.05, 0) is 70.0 Å². The van der Waals surface area contributed by atoms with E-state index in [1.807, 2.05) is 58.0 Å². The Kier molecular flexibility index (Phi) is 11.7. The van der Waals surface area contributed by atoms with Crippen molar-refractivity contribution in [1.82, 2.24) is 10.2 Å². The van der Waals surface area contributed by atoms with Gasteiger partial charge >= 0.3 is 0 Å². The van der Waals surface area contributed by atoms with Crippen LogP contribution in [0.15, 0.2) is 78.9 Å². The van der Waals surface area contributed by atoms with Crippen molar-refractivity contribution < 1.29 is 27.1 Å². The number of benzene rings is 3. The molecule has 10 heteroatoms. The van der Waals surface area contributed by atoms with E-state index in [1.54, 1.807) is 42.5 Å². The van der Waals surface area contributed by atoms with E-state index >= 15 is 0 Å². The average Bonchev–Trinajstić information content (AvgIpc) is 2.93. The van der Waals surface area contributed by atoms with Gasteiger partial charge in [0, 0.05) is 37.0 Å². The molecule has 0 spiro atoms. The van der Waals surface area contributed by atoms with E-state index in [-0.39, 0.29) is 49.7 Å². The molecule has 0 bridgehead atoms. The number of carbonyl (C=O) groups excluding carboxylic acids is 2. The van der Waals surface area contributed by atoms with Crippen LogP contribution in [0.4, 0.5) is 10.1 Å². The Hall–Kier alpha value is -3.92. The Morgan fingerprint density at radius 2 is 1.58 bits per heavy atom. The molecule has 3 rings (SSSR count). The molecule has 232 valence electrons. The topological polar surface area (TPSA) is 96.0 Å². The predicted molar refractivity (Wildman–Crippen MR) is 168 cm³/mol. The Labute approximate surface area is 254 Å². The summed E-state index contributed by atoms with van der Waals surface area (Å²) >= 11 is 0. The fourth-order valence-electron chi connectivity index (χ4n) is 4.70. The maximum Gasteiger partial charge on any atom is 0.243 e. The number of ether oxygens (including phenoxy) is 1. The van der Waals surface area contributed by atoms with Crippen molar-refractivity contribution >= 4 is 27.5 Å². The number of hydrogen-bond donors (Lipinski definition) is 1. The first kappa shape index (κ1) is 33.6. The molecular formula is C33H42FN3O5S. The van der Waals surface area contributed by atoms with Gasteiger partial charge in [-0.25, -0.2) is 12.8 Å². The van der Waals surface area contributed by atoms with Crippen molar-refractivity contribution in [2.75, 3.05) is 23.7 Å². The van der Waals surface area contributed by atoms with Gasteiger partial charge in [0.25, 0.3) is 0 Å². The molecule has 0 aromatic heterocycles. The maximum absolute atomic E-state index is 14.8. The van der Waals surface area contributed by atoms with E-state index in [0.717, 1.165) is 11.8 Å². The van der Waals surface area contributed by atoms with Crippen molar-refractivity contribution in [3.63, 3.8) is 0 Å². The van der Waals surface area contributed by atoms with Crippen LogP contribution in [-0.2, 0) is 32.6 Å². The molecule has 1 N–H and O–H groups in total. The van der Waals surface area contributed by atoms with E-state index in [1.165, 1.54) is 15.3 Å². The van der Waals surface area contributed by atoms with E-state index in [0.29, 0.717) is 18.0 Å². The molecule has 0 aliphatic rings. The highest BCUT2D eigenvalue weighted by Crippen LogP contribution is 2.23. The van der Waals surface area contributed by atoms with E-state index in [9.17, 15) is 22.4 Å². The molecule has 0 saturated carbocycles. The van der Waals surface area contributed by atoms with E-state index in [2.05, 4.69) is 5.32 Å². The average molecular weight is 612 g/mol. The molecule has 1 atom stereocenters. The Bertz CT molecular complexity index is 1460. The predicted octanol–water partition coefficient (Wildman–Crippen LogP) is 5.33. The fraction of sp³-hybridized carbons (Fsp3) is 0.394. The molecule has 0 saturated heterocycles. The van der Waals surface area contributed by atoms with Crippen LogP contribution in [0.25, 0.3) is 0 Å². The summed E-state index contributed by atoms with van der Waals surface area (Å²) < 4.78 is 46.8. The lowest BCUT2D eigenvalue weighted by atomic mass is 10.00. The van der Waals surface area contributed by atoms with Crippen molar-refractivity contribution in [1.29, 1.82) is 0 Å². The first-order valence-corrected chi connectivity index (χ1v) is 16.2. The molecule has 0 fully saturated rings. The van der Waals surface area contributed by atoms with Crippen LogP contribution in [0, 0.1) is 5.82 Å². The largest absolute Gasteiger partial charge is 0.494 e. The van der Waals surface area contributed by atoms with Gasteiger partial charge in [0.1, 0.15) is 17.6 Å². The number of amides is 2. The summed E-state index contributed by atoms with van der Waals surface area (Å²) in [7, 11) is -3.65. The van der Waals surface area contributed by atoms with Crippen LogP contribution in [-0.4, -0.2) is 56.1 Å². The van der Waals surface area contributed by atoms with Crippen LogP contribution >= 0.6 is 0 Å². The van der Waals surface area contributed by atoms with Crippen LogP contribution < -0.4 is 14.4 Å². The number of carbonyl (C=O) groups is 2. The van der Waals surface area contributed by atoms with Gasteiger partial charge in [-0.15, -0.1) is 0 Å². The molecule has 0 unspecified atom stereocenters. The molecule has 3 aromatic carbocycles. The van der Waals surface area contributed by atoms with Gasteiger partial charge < -0.3 is 15.0 Å². The normalized spacial score (nSPS) is 12.3. The van der Waals surface area contributed by atoms with Gasteiger partial charge in [-0.1, -0.05) is 48.5 Å². The smallest absolute Gasteiger partial charge is 0.243 e. The second kappa shape index (κ2) is 15.0. The minimum absolute atomic E-state index is 0.0453. The highest BCUT2D eigenvalue weighted by atomic mass is 32.2. The summed E-state index contributed by atoms with van der Waals surface area (Å²) in [6.07, 6.45) is 1.48. The SMILES string of the molecule is CCOc1ccc(N(CCCC(=O)N(Cc2ccccc2F)[C@H](Cc2ccccc2)C(=O)NC(C)(C)C)S(C)(=O)=O)cc1. The van der Waals surface area contributed by atoms with E-state index in [4.69, 9.17) is 4.74 Å². The van der Waals surface area contributed by atoms with Gasteiger partial charge in [-0.3, -0.25) is 13.9 Å². The van der Waals surface area contributed by atoms with Gasteiger partial charge in [0.15, 0.2) is 0 Å². The molecule has 0 aliphatic heterocycles. The van der Waals surface area contributed by atoms with Crippen molar-refractivity contribution in [3.8, 4) is 5.75 Å². The van der Waals surface area contributed by atoms with Crippen molar-refractivity contribution in [3.05, 3.63) is 95.8 Å². The number of nitrogens with zero attached hydrogens (tertiary/aromatic N) is 2. The lowest BCUT2D eigenvalue weighted by Gasteiger charge is -2.34. The van der Waals surface area contributed by atoms with Crippen LogP contribution in [0.2, 0.25) is 0 Å². The van der Waals surface area contributed by atoms with Crippen molar-refractivity contribution in [2.45, 2.75) is 65.1 Å². The molecular weight excluding hydrogens is 569 g/mol. The molecule has 43 heavy (non-hydrogen) atoms. The second-order valence-electron chi connectivity index (χ2n) is 11.4. The van der Waals surface area contributed by atoms with Gasteiger partial charge in [0.05, 0.1) is 18.6 Å². The number of anilines is 1. The second-order valence-corrected chi connectivity index (χ2v) is 13.3. The third-order valence-corrected chi connectivity index (χ3v) is 7.85. The number of hydrogen-bond acceptors (Lipinski definition) is 5. The first-order valence-electron chi connectivity index (χ1n) is 14.4. The minimum Gasteiger partial charge on any atom is -0.494 e. The first-order chi connectivity index (χ1) is 20.3. The summed E-state index contributed by atoms with van der Waals surface area (Å²) in [4.78, 5) is 29.0. The van der Waals surface area contributed by atoms with Crippen LogP contribution in [0.3, 0.4) is 0 Å². The van der Waals surface area contributed by atoms with E-state index < -0.39 is 27.4 Å². The van der Waals surface area contributed by atoms with Crippen LogP contribution in [0.1, 0.15) is 51.7 Å². The zero-order valence-electron chi connectivity index (χ0n) is 25.5. The lowest BCUT2D eigenvalue weighted by molar-refractivity contribution is -0.142. The third-order valence-electron chi connectivity index (χ3n) is 6.66. The highest BCUT2D eigenvalue weighted by molar-refractivity contribution is 7.92. The standard InChI is InChI=1S/C33H42FN3O5S/c1-6-42-28-20-18-27(19-21-28)37(43(5,40)41)22-12-17-31(38)36(24-26-15-10-11-16-29(26)34)30(32(39)35-33(2,3)4)23-25-13-8-7-9-14-25/h7-11,13-16,18-21,30H,6,12,17,22-24H2,1-5H3,(H,35,39)/t30-/m1/s1. The third kappa shape index (κ3) is 10.4. The summed E-state index contributed by atoms with van der Waals surface area (Å²) in [5, 5.41) is 2.98. The Morgan fingerprint density at radius 3 is 2.16 bits per heavy atom. The van der Waals surface area contributed by atoms with Crippen LogP contribution in [0.5, 0.6) is 5.75 Å². The molecule has 0 radical (unpaired) electrons. The maximum atomic E-state index is 14.8. The molecule has 8 nitrogen and oxygen atoms in total. The Balaban J connectivity index is 1.89. The van der Waals surface area contributed by atoms with Crippen molar-refractivity contribution in [2.24, 2.45) is 0 Å². The van der Waals surface area contributed by atoms with Gasteiger partial charge in [-0.2, -0.15) is 0 Å². The molecule has 3 aromatic rings. The fourth-order valence-corrected chi connectivity index (χ4v) is 5.66. The van der Waals surface area contributed by atoms with Gasteiger partial charge in [0.2, 0.25) is 21.8 Å². The number of halogens is 1.